The van der Waals surface area contributed by atoms with Gasteiger partial charge in [0.1, 0.15) is 11.6 Å². The zero-order chi connectivity index (χ0) is 11.5. The van der Waals surface area contributed by atoms with Crippen molar-refractivity contribution in [3.05, 3.63) is 41.1 Å². The number of benzene rings is 1. The molecule has 0 aliphatic heterocycles. The summed E-state index contributed by atoms with van der Waals surface area (Å²) in [6.45, 7) is 0.652. The van der Waals surface area contributed by atoms with Gasteiger partial charge in [0.05, 0.1) is 23.5 Å². The van der Waals surface area contributed by atoms with Crippen LogP contribution in [0.5, 0.6) is 0 Å². The highest BCUT2D eigenvalue weighted by Crippen LogP contribution is 2.26. The average Bonchev–Trinajstić information content (AvgIpc) is 2.67. The number of rotatable bonds is 3. The lowest BCUT2D eigenvalue weighted by molar-refractivity contribution is 0.628. The van der Waals surface area contributed by atoms with Gasteiger partial charge in [-0.05, 0) is 25.2 Å². The molecule has 16 heavy (non-hydrogen) atoms. The third-order valence-electron chi connectivity index (χ3n) is 2.19. The molecular weight excluding hydrogens is 229 g/mol. The number of nitrogens with one attached hydrogen (secondary N) is 2. The summed E-state index contributed by atoms with van der Waals surface area (Å²) >= 11 is 5.95. The van der Waals surface area contributed by atoms with Crippen LogP contribution in [-0.2, 0) is 6.54 Å². The molecule has 0 fully saturated rings. The first kappa shape index (κ1) is 11.1. The topological polar surface area (TPSA) is 40.7 Å². The molecule has 1 aromatic carbocycles. The van der Waals surface area contributed by atoms with Crippen LogP contribution in [0.25, 0.3) is 11.3 Å². The van der Waals surface area contributed by atoms with Gasteiger partial charge in [-0.2, -0.15) is 0 Å². The maximum atomic E-state index is 12.9. The Hall–Kier alpha value is -1.39. The summed E-state index contributed by atoms with van der Waals surface area (Å²) in [6, 6.07) is 4.30. The van der Waals surface area contributed by atoms with E-state index in [9.17, 15) is 4.39 Å². The Morgan fingerprint density at radius 2 is 2.31 bits per heavy atom. The average molecular weight is 240 g/mol. The van der Waals surface area contributed by atoms with Crippen molar-refractivity contribution in [1.82, 2.24) is 15.3 Å². The fourth-order valence-corrected chi connectivity index (χ4v) is 1.73. The number of H-pyrrole nitrogens is 1. The number of halogens is 2. The van der Waals surface area contributed by atoms with Gasteiger partial charge in [0.15, 0.2) is 0 Å². The Labute approximate surface area is 97.7 Å². The van der Waals surface area contributed by atoms with Crippen LogP contribution < -0.4 is 5.32 Å². The highest BCUT2D eigenvalue weighted by Gasteiger charge is 2.07. The molecule has 0 saturated heterocycles. The van der Waals surface area contributed by atoms with Crippen molar-refractivity contribution in [2.75, 3.05) is 7.05 Å². The third-order valence-corrected chi connectivity index (χ3v) is 2.51. The molecule has 2 N–H and O–H groups in total. The normalized spacial score (nSPS) is 10.7. The molecule has 0 spiro atoms. The SMILES string of the molecule is CNCc1ncc(-c2ccc(F)cc2Cl)[nH]1. The van der Waals surface area contributed by atoms with Crippen molar-refractivity contribution < 1.29 is 4.39 Å². The molecule has 0 amide bonds. The molecule has 2 aromatic rings. The number of aromatic nitrogens is 2. The van der Waals surface area contributed by atoms with E-state index in [1.54, 1.807) is 12.3 Å². The van der Waals surface area contributed by atoms with Gasteiger partial charge in [-0.1, -0.05) is 11.6 Å². The second kappa shape index (κ2) is 4.63. The molecule has 0 atom stereocenters. The Morgan fingerprint density at radius 3 is 3.00 bits per heavy atom. The van der Waals surface area contributed by atoms with Crippen LogP contribution >= 0.6 is 11.6 Å². The maximum Gasteiger partial charge on any atom is 0.124 e. The number of aromatic amines is 1. The first-order chi connectivity index (χ1) is 7.70. The van der Waals surface area contributed by atoms with E-state index >= 15 is 0 Å². The van der Waals surface area contributed by atoms with Crippen molar-refractivity contribution in [1.29, 1.82) is 0 Å². The molecule has 2 rings (SSSR count). The quantitative estimate of drug-likeness (QED) is 0.865. The van der Waals surface area contributed by atoms with Crippen molar-refractivity contribution in [3.8, 4) is 11.3 Å². The van der Waals surface area contributed by atoms with E-state index in [0.29, 0.717) is 11.6 Å². The van der Waals surface area contributed by atoms with Crippen LogP contribution in [0.1, 0.15) is 5.82 Å². The summed E-state index contributed by atoms with van der Waals surface area (Å²) in [4.78, 5) is 7.29. The van der Waals surface area contributed by atoms with Crippen molar-refractivity contribution in [2.24, 2.45) is 0 Å². The Balaban J connectivity index is 2.35. The number of hydrogen-bond acceptors (Lipinski definition) is 2. The molecule has 3 nitrogen and oxygen atoms in total. The van der Waals surface area contributed by atoms with E-state index in [4.69, 9.17) is 11.6 Å². The third kappa shape index (κ3) is 2.23. The molecule has 0 aliphatic carbocycles. The largest absolute Gasteiger partial charge is 0.341 e. The minimum atomic E-state index is -0.344. The highest BCUT2D eigenvalue weighted by molar-refractivity contribution is 6.33. The molecular formula is C11H11ClFN3. The van der Waals surface area contributed by atoms with Gasteiger partial charge in [-0.3, -0.25) is 0 Å². The first-order valence-corrected chi connectivity index (χ1v) is 5.22. The lowest BCUT2D eigenvalue weighted by Gasteiger charge is -2.01. The fraction of sp³-hybridized carbons (Fsp3) is 0.182. The minimum absolute atomic E-state index is 0.344. The fourth-order valence-electron chi connectivity index (χ4n) is 1.46. The van der Waals surface area contributed by atoms with E-state index in [1.807, 2.05) is 7.05 Å². The number of hydrogen-bond donors (Lipinski definition) is 2. The summed E-state index contributed by atoms with van der Waals surface area (Å²) in [5.74, 6) is 0.474. The van der Waals surface area contributed by atoms with E-state index in [-0.39, 0.29) is 5.82 Å². The van der Waals surface area contributed by atoms with Crippen LogP contribution in [0.2, 0.25) is 5.02 Å². The zero-order valence-corrected chi connectivity index (χ0v) is 9.48. The smallest absolute Gasteiger partial charge is 0.124 e. The van der Waals surface area contributed by atoms with Gasteiger partial charge in [0, 0.05) is 5.56 Å². The predicted octanol–water partition coefficient (Wildman–Crippen LogP) is 2.59. The molecule has 0 saturated carbocycles. The van der Waals surface area contributed by atoms with Crippen molar-refractivity contribution >= 4 is 11.6 Å². The van der Waals surface area contributed by atoms with Crippen LogP contribution in [0.4, 0.5) is 4.39 Å². The molecule has 0 radical (unpaired) electrons. The second-order valence-electron chi connectivity index (χ2n) is 3.40. The molecule has 5 heteroatoms. The van der Waals surface area contributed by atoms with Gasteiger partial charge < -0.3 is 10.3 Å². The molecule has 1 aromatic heterocycles. The van der Waals surface area contributed by atoms with Crippen molar-refractivity contribution in [3.63, 3.8) is 0 Å². The predicted molar refractivity (Wildman–Crippen MR) is 61.8 cm³/mol. The van der Waals surface area contributed by atoms with E-state index < -0.39 is 0 Å². The van der Waals surface area contributed by atoms with Gasteiger partial charge >= 0.3 is 0 Å². The maximum absolute atomic E-state index is 12.9. The van der Waals surface area contributed by atoms with Gasteiger partial charge in [0.2, 0.25) is 0 Å². The van der Waals surface area contributed by atoms with E-state index in [1.165, 1.54) is 12.1 Å². The minimum Gasteiger partial charge on any atom is -0.341 e. The number of imidazole rings is 1. The van der Waals surface area contributed by atoms with E-state index in [2.05, 4.69) is 15.3 Å². The monoisotopic (exact) mass is 239 g/mol. The summed E-state index contributed by atoms with van der Waals surface area (Å²) in [6.07, 6.45) is 1.69. The van der Waals surface area contributed by atoms with Gasteiger partial charge in [-0.25, -0.2) is 9.37 Å². The molecule has 84 valence electrons. The number of nitrogens with zero attached hydrogens (tertiary/aromatic N) is 1. The summed E-state index contributed by atoms with van der Waals surface area (Å²) in [7, 11) is 1.84. The van der Waals surface area contributed by atoms with Crippen LogP contribution in [-0.4, -0.2) is 17.0 Å². The van der Waals surface area contributed by atoms with Crippen LogP contribution in [0.15, 0.2) is 24.4 Å². The summed E-state index contributed by atoms with van der Waals surface area (Å²) in [5, 5.41) is 3.36. The zero-order valence-electron chi connectivity index (χ0n) is 8.72. The second-order valence-corrected chi connectivity index (χ2v) is 3.81. The molecule has 0 unspecified atom stereocenters. The summed E-state index contributed by atoms with van der Waals surface area (Å²) < 4.78 is 12.9. The highest BCUT2D eigenvalue weighted by atomic mass is 35.5. The Kier molecular flexibility index (Phi) is 3.22. The van der Waals surface area contributed by atoms with Gasteiger partial charge in [-0.15, -0.1) is 0 Å². The van der Waals surface area contributed by atoms with Gasteiger partial charge in [0.25, 0.3) is 0 Å². The van der Waals surface area contributed by atoms with Crippen LogP contribution in [0.3, 0.4) is 0 Å². The lowest BCUT2D eigenvalue weighted by Crippen LogP contribution is -2.06. The molecule has 1 heterocycles. The Bertz CT molecular complexity index is 496. The molecule has 0 bridgehead atoms. The standard InChI is InChI=1S/C11H11ClFN3/c1-14-6-11-15-5-10(16-11)8-3-2-7(13)4-9(8)12/h2-5,14H,6H2,1H3,(H,15,16). The Morgan fingerprint density at radius 1 is 1.50 bits per heavy atom. The lowest BCUT2D eigenvalue weighted by atomic mass is 10.2. The van der Waals surface area contributed by atoms with Crippen molar-refractivity contribution in [2.45, 2.75) is 6.54 Å². The molecule has 0 aliphatic rings. The summed E-state index contributed by atoms with van der Waals surface area (Å²) in [5.41, 5.74) is 1.54. The van der Waals surface area contributed by atoms with E-state index in [0.717, 1.165) is 17.1 Å². The first-order valence-electron chi connectivity index (χ1n) is 4.84. The van der Waals surface area contributed by atoms with Crippen LogP contribution in [0, 0.1) is 5.82 Å².